The number of anilines is 1. The average molecular weight is 218 g/mol. The van der Waals surface area contributed by atoms with Crippen LogP contribution in [0.3, 0.4) is 0 Å². The largest absolute Gasteiger partial charge is 0.382 e. The summed E-state index contributed by atoms with van der Waals surface area (Å²) in [5, 5.41) is 4.06. The smallest absolute Gasteiger partial charge is 0.250 e. The molecule has 0 radical (unpaired) electrons. The SMILES string of the molecule is Cc1cccc(=O)n1CCn1ccc(N)n1. The number of rotatable bonds is 3. The van der Waals surface area contributed by atoms with E-state index in [1.165, 1.54) is 0 Å². The molecule has 2 N–H and O–H groups in total. The molecule has 2 aromatic rings. The van der Waals surface area contributed by atoms with Crippen LogP contribution in [-0.2, 0) is 13.1 Å². The van der Waals surface area contributed by atoms with Gasteiger partial charge in [0.2, 0.25) is 0 Å². The second kappa shape index (κ2) is 4.22. The first-order valence-electron chi connectivity index (χ1n) is 5.12. The van der Waals surface area contributed by atoms with Crippen molar-refractivity contribution in [3.8, 4) is 0 Å². The van der Waals surface area contributed by atoms with Crippen LogP contribution in [0, 0.1) is 6.92 Å². The highest BCUT2D eigenvalue weighted by Gasteiger charge is 2.00. The highest BCUT2D eigenvalue weighted by molar-refractivity contribution is 5.23. The Hall–Kier alpha value is -2.04. The Balaban J connectivity index is 2.13. The van der Waals surface area contributed by atoms with E-state index >= 15 is 0 Å². The summed E-state index contributed by atoms with van der Waals surface area (Å²) < 4.78 is 3.45. The van der Waals surface area contributed by atoms with Crippen molar-refractivity contribution in [2.75, 3.05) is 5.73 Å². The van der Waals surface area contributed by atoms with Crippen molar-refractivity contribution >= 4 is 5.82 Å². The predicted octanol–water partition coefficient (Wildman–Crippen LogP) is 0.636. The minimum Gasteiger partial charge on any atom is -0.382 e. The summed E-state index contributed by atoms with van der Waals surface area (Å²) in [6, 6.07) is 6.98. The van der Waals surface area contributed by atoms with Crippen LogP contribution in [0.25, 0.3) is 0 Å². The molecule has 5 heteroatoms. The van der Waals surface area contributed by atoms with Crippen LogP contribution in [0.5, 0.6) is 0 Å². The zero-order chi connectivity index (χ0) is 11.5. The quantitative estimate of drug-likeness (QED) is 0.822. The zero-order valence-electron chi connectivity index (χ0n) is 9.13. The molecule has 0 spiro atoms. The molecule has 0 aromatic carbocycles. The molecular formula is C11H14N4O. The van der Waals surface area contributed by atoms with Crippen LogP contribution < -0.4 is 11.3 Å². The third-order valence-corrected chi connectivity index (χ3v) is 2.48. The standard InChI is InChI=1S/C11H14N4O/c1-9-3-2-4-11(16)15(9)8-7-14-6-5-10(12)13-14/h2-6H,7-8H2,1H3,(H2,12,13). The molecule has 0 amide bonds. The van der Waals surface area contributed by atoms with E-state index in [9.17, 15) is 4.79 Å². The van der Waals surface area contributed by atoms with E-state index < -0.39 is 0 Å². The molecule has 0 saturated heterocycles. The van der Waals surface area contributed by atoms with Crippen LogP contribution in [0.15, 0.2) is 35.3 Å². The molecule has 0 fully saturated rings. The van der Waals surface area contributed by atoms with E-state index in [0.717, 1.165) is 5.69 Å². The Labute approximate surface area is 93.1 Å². The van der Waals surface area contributed by atoms with Gasteiger partial charge in [0.1, 0.15) is 5.82 Å². The fourth-order valence-corrected chi connectivity index (χ4v) is 1.61. The van der Waals surface area contributed by atoms with Gasteiger partial charge in [-0.3, -0.25) is 9.48 Å². The molecule has 2 aromatic heterocycles. The number of aromatic nitrogens is 3. The fraction of sp³-hybridized carbons (Fsp3) is 0.273. The number of nitrogens with zero attached hydrogens (tertiary/aromatic N) is 3. The van der Waals surface area contributed by atoms with Gasteiger partial charge in [-0.1, -0.05) is 6.07 Å². The first-order valence-corrected chi connectivity index (χ1v) is 5.12. The van der Waals surface area contributed by atoms with E-state index in [0.29, 0.717) is 18.9 Å². The number of nitrogen functional groups attached to an aromatic ring is 1. The average Bonchev–Trinajstić information content (AvgIpc) is 2.63. The fourth-order valence-electron chi connectivity index (χ4n) is 1.61. The Morgan fingerprint density at radius 3 is 2.75 bits per heavy atom. The predicted molar refractivity (Wildman–Crippen MR) is 62.1 cm³/mol. The second-order valence-electron chi connectivity index (χ2n) is 3.66. The van der Waals surface area contributed by atoms with Crippen LogP contribution in [0.4, 0.5) is 5.82 Å². The van der Waals surface area contributed by atoms with Crippen molar-refractivity contribution in [3.63, 3.8) is 0 Å². The Morgan fingerprint density at radius 1 is 1.31 bits per heavy atom. The molecule has 5 nitrogen and oxygen atoms in total. The van der Waals surface area contributed by atoms with E-state index in [1.807, 2.05) is 13.0 Å². The van der Waals surface area contributed by atoms with Crippen molar-refractivity contribution in [1.82, 2.24) is 14.3 Å². The molecule has 0 unspecified atom stereocenters. The Morgan fingerprint density at radius 2 is 2.12 bits per heavy atom. The highest BCUT2D eigenvalue weighted by atomic mass is 16.1. The molecule has 0 bridgehead atoms. The first-order chi connectivity index (χ1) is 7.66. The minimum absolute atomic E-state index is 0.0140. The topological polar surface area (TPSA) is 65.8 Å². The molecule has 2 rings (SSSR count). The summed E-state index contributed by atoms with van der Waals surface area (Å²) in [4.78, 5) is 11.6. The normalized spacial score (nSPS) is 10.6. The summed E-state index contributed by atoms with van der Waals surface area (Å²) in [6.45, 7) is 3.16. The van der Waals surface area contributed by atoms with Crippen LogP contribution in [0.2, 0.25) is 0 Å². The maximum absolute atomic E-state index is 11.6. The third-order valence-electron chi connectivity index (χ3n) is 2.48. The monoisotopic (exact) mass is 218 g/mol. The number of hydrogen-bond acceptors (Lipinski definition) is 3. The van der Waals surface area contributed by atoms with Crippen molar-refractivity contribution in [2.45, 2.75) is 20.0 Å². The second-order valence-corrected chi connectivity index (χ2v) is 3.66. The van der Waals surface area contributed by atoms with Gasteiger partial charge in [-0.15, -0.1) is 0 Å². The van der Waals surface area contributed by atoms with Gasteiger partial charge in [0.25, 0.3) is 5.56 Å². The number of pyridine rings is 1. The molecule has 0 atom stereocenters. The summed E-state index contributed by atoms with van der Waals surface area (Å²) in [5.41, 5.74) is 6.47. The van der Waals surface area contributed by atoms with Crippen molar-refractivity contribution in [2.24, 2.45) is 0 Å². The summed E-state index contributed by atoms with van der Waals surface area (Å²) in [7, 11) is 0. The summed E-state index contributed by atoms with van der Waals surface area (Å²) in [5.74, 6) is 0.497. The number of nitrogens with two attached hydrogens (primary N) is 1. The van der Waals surface area contributed by atoms with Crippen molar-refractivity contribution in [3.05, 3.63) is 46.5 Å². The van der Waals surface area contributed by atoms with Gasteiger partial charge in [0.05, 0.1) is 6.54 Å². The Kier molecular flexibility index (Phi) is 2.76. The summed E-state index contributed by atoms with van der Waals surface area (Å²) >= 11 is 0. The van der Waals surface area contributed by atoms with Gasteiger partial charge in [0, 0.05) is 24.5 Å². The molecule has 2 heterocycles. The molecule has 16 heavy (non-hydrogen) atoms. The van der Waals surface area contributed by atoms with Gasteiger partial charge < -0.3 is 10.3 Å². The first kappa shape index (κ1) is 10.5. The third kappa shape index (κ3) is 2.13. The number of hydrogen-bond donors (Lipinski definition) is 1. The van der Waals surface area contributed by atoms with Crippen molar-refractivity contribution < 1.29 is 0 Å². The molecule has 0 saturated carbocycles. The molecule has 84 valence electrons. The highest BCUT2D eigenvalue weighted by Crippen LogP contribution is 1.98. The van der Waals surface area contributed by atoms with Gasteiger partial charge in [-0.2, -0.15) is 5.10 Å². The van der Waals surface area contributed by atoms with E-state index in [4.69, 9.17) is 5.73 Å². The molecular weight excluding hydrogens is 204 g/mol. The molecule has 0 aliphatic heterocycles. The lowest BCUT2D eigenvalue weighted by atomic mass is 10.3. The van der Waals surface area contributed by atoms with Gasteiger partial charge in [0.15, 0.2) is 0 Å². The van der Waals surface area contributed by atoms with E-state index in [-0.39, 0.29) is 5.56 Å². The van der Waals surface area contributed by atoms with Crippen LogP contribution in [0.1, 0.15) is 5.69 Å². The molecule has 0 aliphatic rings. The van der Waals surface area contributed by atoms with E-state index in [1.54, 1.807) is 33.6 Å². The molecule has 0 aliphatic carbocycles. The van der Waals surface area contributed by atoms with Crippen LogP contribution >= 0.6 is 0 Å². The van der Waals surface area contributed by atoms with Gasteiger partial charge in [-0.05, 0) is 19.1 Å². The maximum Gasteiger partial charge on any atom is 0.250 e. The van der Waals surface area contributed by atoms with Gasteiger partial charge in [-0.25, -0.2) is 0 Å². The minimum atomic E-state index is 0.0140. The zero-order valence-corrected chi connectivity index (χ0v) is 9.13. The van der Waals surface area contributed by atoms with Crippen LogP contribution in [-0.4, -0.2) is 14.3 Å². The maximum atomic E-state index is 11.6. The van der Waals surface area contributed by atoms with Crippen molar-refractivity contribution in [1.29, 1.82) is 0 Å². The number of aryl methyl sites for hydroxylation is 2. The summed E-state index contributed by atoms with van der Waals surface area (Å²) in [6.07, 6.45) is 1.80. The van der Waals surface area contributed by atoms with Gasteiger partial charge >= 0.3 is 0 Å². The lowest BCUT2D eigenvalue weighted by Gasteiger charge is -2.08. The Bertz CT molecular complexity index is 541. The lowest BCUT2D eigenvalue weighted by Crippen LogP contribution is -2.23. The lowest BCUT2D eigenvalue weighted by molar-refractivity contribution is 0.517. The van der Waals surface area contributed by atoms with E-state index in [2.05, 4.69) is 5.10 Å².